The van der Waals surface area contributed by atoms with Gasteiger partial charge in [-0.05, 0) is 24.8 Å². The van der Waals surface area contributed by atoms with Gasteiger partial charge in [-0.2, -0.15) is 0 Å². The number of nitrogens with zero attached hydrogens (tertiary/aromatic N) is 1. The summed E-state index contributed by atoms with van der Waals surface area (Å²) in [6.07, 6.45) is 5.35. The maximum absolute atomic E-state index is 11.5. The average Bonchev–Trinajstić information content (AvgIpc) is 2.44. The molecule has 20 heavy (non-hydrogen) atoms. The third-order valence-corrected chi connectivity index (χ3v) is 3.12. The highest BCUT2D eigenvalue weighted by molar-refractivity contribution is 5.75. The van der Waals surface area contributed by atoms with Crippen molar-refractivity contribution >= 4 is 11.6 Å². The molecule has 0 atom stereocenters. The lowest BCUT2D eigenvalue weighted by Gasteiger charge is -2.04. The first-order chi connectivity index (χ1) is 9.63. The molecule has 5 heteroatoms. The monoisotopic (exact) mass is 278 g/mol. The first-order valence-electron chi connectivity index (χ1n) is 7.13. The Labute approximate surface area is 119 Å². The zero-order valence-electron chi connectivity index (χ0n) is 11.9. The van der Waals surface area contributed by atoms with E-state index in [4.69, 9.17) is 0 Å². The largest absolute Gasteiger partial charge is 0.356 e. The number of carbonyl (C=O) groups is 1. The van der Waals surface area contributed by atoms with Gasteiger partial charge >= 0.3 is 0 Å². The average molecular weight is 278 g/mol. The van der Waals surface area contributed by atoms with Crippen LogP contribution in [0.2, 0.25) is 0 Å². The van der Waals surface area contributed by atoms with Gasteiger partial charge < -0.3 is 5.32 Å². The Balaban J connectivity index is 2.20. The molecule has 5 nitrogen and oxygen atoms in total. The van der Waals surface area contributed by atoms with Crippen molar-refractivity contribution in [3.8, 4) is 0 Å². The lowest BCUT2D eigenvalue weighted by Crippen LogP contribution is -2.24. The van der Waals surface area contributed by atoms with Crippen molar-refractivity contribution in [1.29, 1.82) is 0 Å². The Hall–Kier alpha value is -1.91. The summed E-state index contributed by atoms with van der Waals surface area (Å²) in [6, 6.07) is 6.49. The zero-order valence-corrected chi connectivity index (χ0v) is 11.9. The number of carbonyl (C=O) groups excluding carboxylic acids is 1. The molecule has 0 radical (unpaired) electrons. The van der Waals surface area contributed by atoms with E-state index in [0.717, 1.165) is 44.2 Å². The Morgan fingerprint density at radius 1 is 1.20 bits per heavy atom. The molecular formula is C15H22N2O3. The minimum absolute atomic E-state index is 0.0861. The smallest absolute Gasteiger partial charge is 0.269 e. The summed E-state index contributed by atoms with van der Waals surface area (Å²) in [5.74, 6) is 0.0861. The predicted molar refractivity (Wildman–Crippen MR) is 78.6 cm³/mol. The van der Waals surface area contributed by atoms with Crippen LogP contribution in [0.15, 0.2) is 24.3 Å². The molecule has 0 aliphatic carbocycles. The summed E-state index contributed by atoms with van der Waals surface area (Å²) in [7, 11) is 0. The van der Waals surface area contributed by atoms with Gasteiger partial charge in [-0.1, -0.05) is 31.9 Å². The topological polar surface area (TPSA) is 72.2 Å². The fourth-order valence-electron chi connectivity index (χ4n) is 1.93. The van der Waals surface area contributed by atoms with Crippen LogP contribution in [0.4, 0.5) is 5.69 Å². The molecule has 0 saturated carbocycles. The quantitative estimate of drug-likeness (QED) is 0.428. The summed E-state index contributed by atoms with van der Waals surface area (Å²) in [5.41, 5.74) is 1.12. The molecule has 0 spiro atoms. The van der Waals surface area contributed by atoms with Gasteiger partial charge in [-0.25, -0.2) is 0 Å². The summed E-state index contributed by atoms with van der Waals surface area (Å²) in [6.45, 7) is 2.89. The van der Waals surface area contributed by atoms with E-state index >= 15 is 0 Å². The molecule has 0 aliphatic rings. The molecule has 0 unspecified atom stereocenters. The maximum atomic E-state index is 11.5. The highest BCUT2D eigenvalue weighted by Gasteiger charge is 2.05. The van der Waals surface area contributed by atoms with Crippen molar-refractivity contribution in [2.24, 2.45) is 0 Å². The van der Waals surface area contributed by atoms with Gasteiger partial charge in [0.2, 0.25) is 5.91 Å². The minimum atomic E-state index is -0.409. The van der Waals surface area contributed by atoms with Gasteiger partial charge in [0.1, 0.15) is 0 Å². The van der Waals surface area contributed by atoms with Crippen LogP contribution in [-0.4, -0.2) is 17.4 Å². The second-order valence-corrected chi connectivity index (χ2v) is 4.83. The van der Waals surface area contributed by atoms with Crippen molar-refractivity contribution in [2.45, 2.75) is 45.4 Å². The number of hydrogen-bond donors (Lipinski definition) is 1. The number of aryl methyl sites for hydroxylation is 1. The summed E-state index contributed by atoms with van der Waals surface area (Å²) < 4.78 is 0. The van der Waals surface area contributed by atoms with Crippen LogP contribution < -0.4 is 5.32 Å². The van der Waals surface area contributed by atoms with E-state index < -0.39 is 4.92 Å². The minimum Gasteiger partial charge on any atom is -0.356 e. The number of rotatable bonds is 9. The number of non-ortho nitro benzene ring substituents is 1. The van der Waals surface area contributed by atoms with Crippen LogP contribution in [0, 0.1) is 10.1 Å². The third-order valence-electron chi connectivity index (χ3n) is 3.12. The van der Waals surface area contributed by atoms with Crippen LogP contribution >= 0.6 is 0 Å². The van der Waals surface area contributed by atoms with Crippen LogP contribution in [0.5, 0.6) is 0 Å². The summed E-state index contributed by atoms with van der Waals surface area (Å²) >= 11 is 0. The van der Waals surface area contributed by atoms with Gasteiger partial charge in [0.25, 0.3) is 5.69 Å². The molecule has 0 aromatic heterocycles. The molecule has 0 fully saturated rings. The molecule has 110 valence electrons. The fourth-order valence-corrected chi connectivity index (χ4v) is 1.93. The number of benzene rings is 1. The van der Waals surface area contributed by atoms with E-state index in [1.807, 2.05) is 0 Å². The van der Waals surface area contributed by atoms with E-state index in [-0.39, 0.29) is 11.6 Å². The number of hydrogen-bond acceptors (Lipinski definition) is 3. The first kappa shape index (κ1) is 16.1. The highest BCUT2D eigenvalue weighted by atomic mass is 16.6. The van der Waals surface area contributed by atoms with Crippen molar-refractivity contribution in [3.63, 3.8) is 0 Å². The van der Waals surface area contributed by atoms with E-state index in [1.54, 1.807) is 12.1 Å². The molecular weight excluding hydrogens is 256 g/mol. The second-order valence-electron chi connectivity index (χ2n) is 4.83. The Morgan fingerprint density at radius 2 is 1.90 bits per heavy atom. The first-order valence-corrected chi connectivity index (χ1v) is 7.13. The van der Waals surface area contributed by atoms with Crippen LogP contribution in [0.1, 0.15) is 44.6 Å². The zero-order chi connectivity index (χ0) is 14.8. The van der Waals surface area contributed by atoms with Crippen LogP contribution in [-0.2, 0) is 11.2 Å². The second kappa shape index (κ2) is 9.07. The molecule has 1 aromatic carbocycles. The maximum Gasteiger partial charge on any atom is 0.269 e. The normalized spacial score (nSPS) is 10.2. The lowest BCUT2D eigenvalue weighted by atomic mass is 10.1. The van der Waals surface area contributed by atoms with E-state index in [2.05, 4.69) is 12.2 Å². The fraction of sp³-hybridized carbons (Fsp3) is 0.533. The molecule has 0 saturated heterocycles. The van der Waals surface area contributed by atoms with Crippen LogP contribution in [0.3, 0.4) is 0 Å². The number of unbranched alkanes of at least 4 members (excludes halogenated alkanes) is 2. The van der Waals surface area contributed by atoms with Crippen molar-refractivity contribution in [2.75, 3.05) is 6.54 Å². The molecule has 1 amide bonds. The molecule has 0 bridgehead atoms. The number of amides is 1. The summed E-state index contributed by atoms with van der Waals surface area (Å²) in [5, 5.41) is 13.4. The van der Waals surface area contributed by atoms with E-state index in [9.17, 15) is 14.9 Å². The Kier molecular flexibility index (Phi) is 7.32. The van der Waals surface area contributed by atoms with E-state index in [0.29, 0.717) is 6.42 Å². The number of nitro groups is 1. The Bertz CT molecular complexity index is 429. The number of nitro benzene ring substituents is 1. The van der Waals surface area contributed by atoms with Crippen molar-refractivity contribution in [3.05, 3.63) is 39.9 Å². The molecule has 0 aliphatic heterocycles. The summed E-state index contributed by atoms with van der Waals surface area (Å²) in [4.78, 5) is 21.6. The predicted octanol–water partition coefficient (Wildman–Crippen LogP) is 3.22. The van der Waals surface area contributed by atoms with Crippen molar-refractivity contribution < 1.29 is 9.72 Å². The molecule has 1 rings (SSSR count). The van der Waals surface area contributed by atoms with Gasteiger partial charge in [0.05, 0.1) is 4.92 Å². The molecule has 1 aromatic rings. The molecule has 1 N–H and O–H groups in total. The van der Waals surface area contributed by atoms with E-state index in [1.165, 1.54) is 12.1 Å². The van der Waals surface area contributed by atoms with Crippen molar-refractivity contribution in [1.82, 2.24) is 5.32 Å². The lowest BCUT2D eigenvalue weighted by molar-refractivity contribution is -0.384. The van der Waals surface area contributed by atoms with Crippen LogP contribution in [0.25, 0.3) is 0 Å². The SMILES string of the molecule is CCCCCNC(=O)CCCc1ccc([N+](=O)[O-])cc1. The Morgan fingerprint density at radius 3 is 2.50 bits per heavy atom. The van der Waals surface area contributed by atoms with Gasteiger partial charge in [0, 0.05) is 25.1 Å². The third kappa shape index (κ3) is 6.31. The van der Waals surface area contributed by atoms with Gasteiger partial charge in [0.15, 0.2) is 0 Å². The molecule has 0 heterocycles. The van der Waals surface area contributed by atoms with Gasteiger partial charge in [-0.15, -0.1) is 0 Å². The highest BCUT2D eigenvalue weighted by Crippen LogP contribution is 2.13. The standard InChI is InChI=1S/C15H22N2O3/c1-2-3-4-12-16-15(18)7-5-6-13-8-10-14(11-9-13)17(19)20/h8-11H,2-7,12H2,1H3,(H,16,18). The number of nitrogens with one attached hydrogen (secondary N) is 1. The van der Waals surface area contributed by atoms with Gasteiger partial charge in [-0.3, -0.25) is 14.9 Å².